The van der Waals surface area contributed by atoms with Gasteiger partial charge in [-0.2, -0.15) is 0 Å². The molecule has 0 saturated carbocycles. The largest absolute Gasteiger partial charge is 0.388 e. The molecule has 2 atom stereocenters. The van der Waals surface area contributed by atoms with Crippen molar-refractivity contribution in [3.8, 4) is 0 Å². The molecule has 0 heterocycles. The highest BCUT2D eigenvalue weighted by atomic mass is 31.2. The van der Waals surface area contributed by atoms with Crippen LogP contribution in [0, 0.1) is 0 Å². The van der Waals surface area contributed by atoms with Crippen LogP contribution in [-0.2, 0) is 9.09 Å². The molecule has 2 unspecified atom stereocenters. The molecule has 0 fully saturated rings. The number of aliphatic hydroxyl groups is 1. The van der Waals surface area contributed by atoms with Crippen LogP contribution in [0.5, 0.6) is 0 Å². The standard InChI is InChI=1S/C10H15O4P/c1-2-14-15(12,13)8-10(11)9-6-4-3-5-7-9/h3-7,10-11H,2,8H2,1H3,(H,12,13). The van der Waals surface area contributed by atoms with Crippen LogP contribution in [0.4, 0.5) is 0 Å². The number of hydrogen-bond donors (Lipinski definition) is 2. The van der Waals surface area contributed by atoms with Crippen LogP contribution in [0.25, 0.3) is 0 Å². The van der Waals surface area contributed by atoms with Gasteiger partial charge in [-0.05, 0) is 12.5 Å². The molecule has 1 aromatic carbocycles. The van der Waals surface area contributed by atoms with E-state index in [9.17, 15) is 14.6 Å². The zero-order valence-electron chi connectivity index (χ0n) is 8.54. The van der Waals surface area contributed by atoms with E-state index in [0.29, 0.717) is 5.56 Å². The molecule has 1 rings (SSSR count). The van der Waals surface area contributed by atoms with E-state index in [0.717, 1.165) is 0 Å². The highest BCUT2D eigenvalue weighted by molar-refractivity contribution is 7.52. The zero-order valence-corrected chi connectivity index (χ0v) is 9.43. The predicted molar refractivity (Wildman–Crippen MR) is 57.7 cm³/mol. The third-order valence-electron chi connectivity index (χ3n) is 1.92. The molecule has 4 nitrogen and oxygen atoms in total. The van der Waals surface area contributed by atoms with Crippen LogP contribution in [0.2, 0.25) is 0 Å². The van der Waals surface area contributed by atoms with E-state index in [2.05, 4.69) is 4.52 Å². The summed E-state index contributed by atoms with van der Waals surface area (Å²) in [5, 5.41) is 9.67. The molecule has 2 N–H and O–H groups in total. The van der Waals surface area contributed by atoms with Gasteiger partial charge in [0.05, 0.1) is 18.9 Å². The molecule has 0 radical (unpaired) electrons. The lowest BCUT2D eigenvalue weighted by molar-refractivity contribution is 0.184. The van der Waals surface area contributed by atoms with E-state index < -0.39 is 13.7 Å². The highest BCUT2D eigenvalue weighted by Gasteiger charge is 2.24. The van der Waals surface area contributed by atoms with Crippen LogP contribution in [0.1, 0.15) is 18.6 Å². The fraction of sp³-hybridized carbons (Fsp3) is 0.400. The van der Waals surface area contributed by atoms with E-state index in [4.69, 9.17) is 0 Å². The van der Waals surface area contributed by atoms with Crippen molar-refractivity contribution < 1.29 is 19.1 Å². The molecule has 1 aromatic rings. The first-order valence-corrected chi connectivity index (χ1v) is 6.51. The van der Waals surface area contributed by atoms with Gasteiger partial charge in [0.15, 0.2) is 0 Å². The predicted octanol–water partition coefficient (Wildman–Crippen LogP) is 1.94. The lowest BCUT2D eigenvalue weighted by atomic mass is 10.1. The minimum atomic E-state index is -3.66. The average Bonchev–Trinajstić information content (AvgIpc) is 2.18. The summed E-state index contributed by atoms with van der Waals surface area (Å²) in [5.41, 5.74) is 0.617. The maximum absolute atomic E-state index is 11.4. The number of benzene rings is 1. The average molecular weight is 230 g/mol. The Balaban J connectivity index is 2.64. The molecule has 0 spiro atoms. The summed E-state index contributed by atoms with van der Waals surface area (Å²) in [4.78, 5) is 9.32. The molecule has 0 aromatic heterocycles. The van der Waals surface area contributed by atoms with Crippen molar-refractivity contribution in [3.05, 3.63) is 35.9 Å². The van der Waals surface area contributed by atoms with Crippen LogP contribution in [-0.4, -0.2) is 22.8 Å². The zero-order chi connectivity index (χ0) is 11.3. The fourth-order valence-corrected chi connectivity index (χ4v) is 2.41. The Morgan fingerprint density at radius 2 is 2.00 bits per heavy atom. The summed E-state index contributed by atoms with van der Waals surface area (Å²) >= 11 is 0. The normalized spacial score (nSPS) is 17.0. The first-order valence-electron chi connectivity index (χ1n) is 4.74. The maximum Gasteiger partial charge on any atom is 0.331 e. The van der Waals surface area contributed by atoms with E-state index in [1.54, 1.807) is 31.2 Å². The van der Waals surface area contributed by atoms with Gasteiger partial charge in [-0.15, -0.1) is 0 Å². The van der Waals surface area contributed by atoms with Gasteiger partial charge < -0.3 is 14.5 Å². The van der Waals surface area contributed by atoms with E-state index in [1.807, 2.05) is 6.07 Å². The van der Waals surface area contributed by atoms with Crippen molar-refractivity contribution in [3.63, 3.8) is 0 Å². The highest BCUT2D eigenvalue weighted by Crippen LogP contribution is 2.44. The Bertz CT molecular complexity index is 339. The molecule has 5 heteroatoms. The quantitative estimate of drug-likeness (QED) is 0.758. The van der Waals surface area contributed by atoms with Gasteiger partial charge in [0, 0.05) is 0 Å². The molecular weight excluding hydrogens is 215 g/mol. The smallest absolute Gasteiger partial charge is 0.331 e. The van der Waals surface area contributed by atoms with Crippen LogP contribution in [0.3, 0.4) is 0 Å². The van der Waals surface area contributed by atoms with Crippen LogP contribution < -0.4 is 0 Å². The van der Waals surface area contributed by atoms with Crippen molar-refractivity contribution in [1.82, 2.24) is 0 Å². The molecule has 84 valence electrons. The second-order valence-electron chi connectivity index (χ2n) is 3.16. The monoisotopic (exact) mass is 230 g/mol. The molecule has 0 saturated heterocycles. The van der Waals surface area contributed by atoms with E-state index in [-0.39, 0.29) is 12.8 Å². The molecule has 0 amide bonds. The van der Waals surface area contributed by atoms with Gasteiger partial charge >= 0.3 is 7.60 Å². The SMILES string of the molecule is CCOP(=O)(O)CC(O)c1ccccc1. The summed E-state index contributed by atoms with van der Waals surface area (Å²) in [5.74, 6) is 0. The second-order valence-corrected chi connectivity index (χ2v) is 5.06. The first-order chi connectivity index (χ1) is 7.05. The summed E-state index contributed by atoms with van der Waals surface area (Å²) < 4.78 is 16.0. The summed E-state index contributed by atoms with van der Waals surface area (Å²) in [6.45, 7) is 1.80. The second kappa shape index (κ2) is 5.42. The van der Waals surface area contributed by atoms with E-state index in [1.165, 1.54) is 0 Å². The van der Waals surface area contributed by atoms with Crippen LogP contribution >= 0.6 is 7.60 Å². The topological polar surface area (TPSA) is 66.8 Å². The Labute approximate surface area is 89.1 Å². The van der Waals surface area contributed by atoms with E-state index >= 15 is 0 Å². The lowest BCUT2D eigenvalue weighted by Gasteiger charge is -2.15. The maximum atomic E-state index is 11.4. The van der Waals surface area contributed by atoms with Gasteiger partial charge in [0.2, 0.25) is 0 Å². The fourth-order valence-electron chi connectivity index (χ4n) is 1.25. The molecular formula is C10H15O4P. The summed E-state index contributed by atoms with van der Waals surface area (Å²) in [6, 6.07) is 8.76. The molecule has 0 aliphatic carbocycles. The number of hydrogen-bond acceptors (Lipinski definition) is 3. The van der Waals surface area contributed by atoms with Crippen LogP contribution in [0.15, 0.2) is 30.3 Å². The third-order valence-corrected chi connectivity index (χ3v) is 3.39. The summed E-state index contributed by atoms with van der Waals surface area (Å²) in [6.07, 6.45) is -1.24. The first kappa shape index (κ1) is 12.4. The molecule has 15 heavy (non-hydrogen) atoms. The minimum absolute atomic E-state index is 0.162. The number of aliphatic hydroxyl groups excluding tert-OH is 1. The van der Waals surface area contributed by atoms with Crippen molar-refractivity contribution in [1.29, 1.82) is 0 Å². The Morgan fingerprint density at radius 3 is 2.53 bits per heavy atom. The van der Waals surface area contributed by atoms with Crippen molar-refractivity contribution in [2.24, 2.45) is 0 Å². The lowest BCUT2D eigenvalue weighted by Crippen LogP contribution is -2.05. The Kier molecular flexibility index (Phi) is 4.48. The summed E-state index contributed by atoms with van der Waals surface area (Å²) in [7, 11) is -3.66. The minimum Gasteiger partial charge on any atom is -0.388 e. The van der Waals surface area contributed by atoms with Crippen molar-refractivity contribution in [2.45, 2.75) is 13.0 Å². The Morgan fingerprint density at radius 1 is 1.40 bits per heavy atom. The van der Waals surface area contributed by atoms with Crippen molar-refractivity contribution >= 4 is 7.60 Å². The van der Waals surface area contributed by atoms with Crippen molar-refractivity contribution in [2.75, 3.05) is 12.8 Å². The van der Waals surface area contributed by atoms with Gasteiger partial charge in [-0.3, -0.25) is 4.57 Å². The van der Waals surface area contributed by atoms with Gasteiger partial charge in [-0.25, -0.2) is 0 Å². The Hall–Kier alpha value is -0.670. The number of rotatable bonds is 5. The van der Waals surface area contributed by atoms with Gasteiger partial charge in [-0.1, -0.05) is 30.3 Å². The van der Waals surface area contributed by atoms with Gasteiger partial charge in [0.25, 0.3) is 0 Å². The molecule has 0 aliphatic heterocycles. The van der Waals surface area contributed by atoms with Gasteiger partial charge in [0.1, 0.15) is 0 Å². The molecule has 0 aliphatic rings. The molecule has 0 bridgehead atoms. The third kappa shape index (κ3) is 4.14.